The molecule has 2 aromatic rings. The SMILES string of the molecule is CNC1CCCCC1c1cc2cc(C)ccc2o1. The summed E-state index contributed by atoms with van der Waals surface area (Å²) < 4.78 is 6.05. The lowest BCUT2D eigenvalue weighted by Gasteiger charge is -2.29. The third kappa shape index (κ3) is 2.05. The Morgan fingerprint density at radius 2 is 2.00 bits per heavy atom. The summed E-state index contributed by atoms with van der Waals surface area (Å²) in [6, 6.07) is 9.22. The topological polar surface area (TPSA) is 25.2 Å². The molecule has 0 spiro atoms. The molecular formula is C16H21NO. The molecule has 0 amide bonds. The van der Waals surface area contributed by atoms with E-state index in [0.29, 0.717) is 12.0 Å². The van der Waals surface area contributed by atoms with Gasteiger partial charge in [0.25, 0.3) is 0 Å². The van der Waals surface area contributed by atoms with Crippen molar-refractivity contribution in [3.05, 3.63) is 35.6 Å². The highest BCUT2D eigenvalue weighted by Gasteiger charge is 2.27. The molecule has 1 aliphatic rings. The van der Waals surface area contributed by atoms with E-state index in [2.05, 4.69) is 43.6 Å². The van der Waals surface area contributed by atoms with Gasteiger partial charge < -0.3 is 9.73 Å². The third-order valence-corrected chi connectivity index (χ3v) is 4.19. The average Bonchev–Trinajstić information content (AvgIpc) is 2.81. The van der Waals surface area contributed by atoms with Crippen LogP contribution in [-0.2, 0) is 0 Å². The first-order chi connectivity index (χ1) is 8.78. The molecule has 2 atom stereocenters. The Kier molecular flexibility index (Phi) is 3.13. The van der Waals surface area contributed by atoms with Crippen molar-refractivity contribution >= 4 is 11.0 Å². The van der Waals surface area contributed by atoms with Gasteiger partial charge in [0, 0.05) is 17.3 Å². The van der Waals surface area contributed by atoms with E-state index in [1.54, 1.807) is 0 Å². The van der Waals surface area contributed by atoms with Crippen LogP contribution in [0.25, 0.3) is 11.0 Å². The Morgan fingerprint density at radius 3 is 2.83 bits per heavy atom. The van der Waals surface area contributed by atoms with Gasteiger partial charge >= 0.3 is 0 Å². The fraction of sp³-hybridized carbons (Fsp3) is 0.500. The summed E-state index contributed by atoms with van der Waals surface area (Å²) in [5.74, 6) is 1.70. The van der Waals surface area contributed by atoms with Gasteiger partial charge in [-0.3, -0.25) is 0 Å². The average molecular weight is 243 g/mol. The number of benzene rings is 1. The van der Waals surface area contributed by atoms with Gasteiger partial charge in [-0.2, -0.15) is 0 Å². The molecule has 0 radical (unpaired) electrons. The first-order valence-electron chi connectivity index (χ1n) is 6.95. The first kappa shape index (κ1) is 11.8. The molecule has 1 N–H and O–H groups in total. The van der Waals surface area contributed by atoms with Crippen LogP contribution in [0.4, 0.5) is 0 Å². The Morgan fingerprint density at radius 1 is 1.17 bits per heavy atom. The number of fused-ring (bicyclic) bond motifs is 1. The quantitative estimate of drug-likeness (QED) is 0.862. The summed E-state index contributed by atoms with van der Waals surface area (Å²) in [4.78, 5) is 0. The Labute approximate surface area is 108 Å². The van der Waals surface area contributed by atoms with Gasteiger partial charge in [0.2, 0.25) is 0 Å². The maximum Gasteiger partial charge on any atom is 0.134 e. The lowest BCUT2D eigenvalue weighted by molar-refractivity contribution is 0.309. The summed E-state index contributed by atoms with van der Waals surface area (Å²) in [6.45, 7) is 2.13. The van der Waals surface area contributed by atoms with Crippen molar-refractivity contribution in [2.24, 2.45) is 0 Å². The van der Waals surface area contributed by atoms with Gasteiger partial charge in [0.05, 0.1) is 0 Å². The van der Waals surface area contributed by atoms with E-state index in [1.807, 2.05) is 0 Å². The van der Waals surface area contributed by atoms with E-state index in [1.165, 1.54) is 36.6 Å². The van der Waals surface area contributed by atoms with E-state index in [0.717, 1.165) is 11.3 Å². The molecule has 0 saturated heterocycles. The van der Waals surface area contributed by atoms with Gasteiger partial charge in [-0.1, -0.05) is 24.5 Å². The van der Waals surface area contributed by atoms with Crippen molar-refractivity contribution in [3.8, 4) is 0 Å². The van der Waals surface area contributed by atoms with Crippen LogP contribution in [-0.4, -0.2) is 13.1 Å². The van der Waals surface area contributed by atoms with Crippen LogP contribution in [0.3, 0.4) is 0 Å². The normalized spacial score (nSPS) is 24.6. The largest absolute Gasteiger partial charge is 0.461 e. The number of furan rings is 1. The van der Waals surface area contributed by atoms with Crippen LogP contribution >= 0.6 is 0 Å². The Bertz CT molecular complexity index is 543. The van der Waals surface area contributed by atoms with Gasteiger partial charge in [-0.05, 0) is 45.0 Å². The second-order valence-electron chi connectivity index (χ2n) is 5.48. The standard InChI is InChI=1S/C16H21NO/c1-11-7-8-15-12(9-11)10-16(18-15)13-5-3-4-6-14(13)17-2/h7-10,13-14,17H,3-6H2,1-2H3. The highest BCUT2D eigenvalue weighted by atomic mass is 16.3. The van der Waals surface area contributed by atoms with Crippen molar-refractivity contribution in [1.29, 1.82) is 0 Å². The van der Waals surface area contributed by atoms with Gasteiger partial charge in [0.1, 0.15) is 11.3 Å². The zero-order valence-electron chi connectivity index (χ0n) is 11.2. The Hall–Kier alpha value is -1.28. The second kappa shape index (κ2) is 4.77. The molecule has 1 aromatic carbocycles. The number of likely N-dealkylation sites (N-methyl/N-ethyl adjacent to an activating group) is 1. The lowest BCUT2D eigenvalue weighted by atomic mass is 9.83. The molecule has 1 saturated carbocycles. The fourth-order valence-corrected chi connectivity index (χ4v) is 3.18. The molecule has 2 unspecified atom stereocenters. The summed E-state index contributed by atoms with van der Waals surface area (Å²) in [6.07, 6.45) is 5.15. The zero-order chi connectivity index (χ0) is 12.5. The van der Waals surface area contributed by atoms with Gasteiger partial charge in [-0.25, -0.2) is 0 Å². The van der Waals surface area contributed by atoms with Crippen LogP contribution in [0.2, 0.25) is 0 Å². The third-order valence-electron chi connectivity index (χ3n) is 4.19. The monoisotopic (exact) mass is 243 g/mol. The minimum atomic E-state index is 0.538. The van der Waals surface area contributed by atoms with E-state index in [-0.39, 0.29) is 0 Å². The molecule has 1 aromatic heterocycles. The van der Waals surface area contributed by atoms with Gasteiger partial charge in [-0.15, -0.1) is 0 Å². The van der Waals surface area contributed by atoms with E-state index >= 15 is 0 Å². The molecule has 2 heteroatoms. The number of aryl methyl sites for hydroxylation is 1. The van der Waals surface area contributed by atoms with E-state index in [9.17, 15) is 0 Å². The molecule has 18 heavy (non-hydrogen) atoms. The zero-order valence-corrected chi connectivity index (χ0v) is 11.2. The molecule has 96 valence electrons. The summed E-state index contributed by atoms with van der Waals surface area (Å²) >= 11 is 0. The predicted octanol–water partition coefficient (Wildman–Crippen LogP) is 3.99. The first-order valence-corrected chi connectivity index (χ1v) is 6.95. The molecule has 1 heterocycles. The Balaban J connectivity index is 1.97. The molecule has 0 bridgehead atoms. The van der Waals surface area contributed by atoms with Gasteiger partial charge in [0.15, 0.2) is 0 Å². The number of hydrogen-bond donors (Lipinski definition) is 1. The number of hydrogen-bond acceptors (Lipinski definition) is 2. The second-order valence-corrected chi connectivity index (χ2v) is 5.48. The van der Waals surface area contributed by atoms with Crippen LogP contribution < -0.4 is 5.32 Å². The number of rotatable bonds is 2. The maximum atomic E-state index is 6.05. The molecule has 3 rings (SSSR count). The highest BCUT2D eigenvalue weighted by Crippen LogP contribution is 2.35. The van der Waals surface area contributed by atoms with Crippen molar-refractivity contribution in [1.82, 2.24) is 5.32 Å². The van der Waals surface area contributed by atoms with Crippen LogP contribution in [0.15, 0.2) is 28.7 Å². The van der Waals surface area contributed by atoms with Crippen LogP contribution in [0.5, 0.6) is 0 Å². The fourth-order valence-electron chi connectivity index (χ4n) is 3.18. The lowest BCUT2D eigenvalue weighted by Crippen LogP contribution is -2.34. The summed E-state index contributed by atoms with van der Waals surface area (Å²) in [5, 5.41) is 4.69. The molecular weight excluding hydrogens is 222 g/mol. The summed E-state index contributed by atoms with van der Waals surface area (Å²) in [7, 11) is 2.07. The molecule has 1 fully saturated rings. The minimum absolute atomic E-state index is 0.538. The van der Waals surface area contributed by atoms with E-state index in [4.69, 9.17) is 4.42 Å². The predicted molar refractivity (Wildman–Crippen MR) is 75.0 cm³/mol. The van der Waals surface area contributed by atoms with Crippen molar-refractivity contribution in [2.45, 2.75) is 44.6 Å². The summed E-state index contributed by atoms with van der Waals surface area (Å²) in [5.41, 5.74) is 2.32. The van der Waals surface area contributed by atoms with Crippen LogP contribution in [0.1, 0.15) is 42.9 Å². The van der Waals surface area contributed by atoms with E-state index < -0.39 is 0 Å². The minimum Gasteiger partial charge on any atom is -0.461 e. The van der Waals surface area contributed by atoms with Crippen molar-refractivity contribution in [2.75, 3.05) is 7.05 Å². The maximum absolute atomic E-state index is 6.05. The van der Waals surface area contributed by atoms with Crippen LogP contribution in [0, 0.1) is 6.92 Å². The van der Waals surface area contributed by atoms with Crippen molar-refractivity contribution in [3.63, 3.8) is 0 Å². The van der Waals surface area contributed by atoms with Crippen molar-refractivity contribution < 1.29 is 4.42 Å². The molecule has 1 aliphatic carbocycles. The number of nitrogens with one attached hydrogen (secondary N) is 1. The smallest absolute Gasteiger partial charge is 0.134 e. The molecule has 2 nitrogen and oxygen atoms in total. The molecule has 0 aliphatic heterocycles. The highest BCUT2D eigenvalue weighted by molar-refractivity contribution is 5.78.